The van der Waals surface area contributed by atoms with Crippen molar-refractivity contribution in [3.05, 3.63) is 69.4 Å². The molecule has 0 atom stereocenters. The molecule has 3 aromatic rings. The van der Waals surface area contributed by atoms with Crippen molar-refractivity contribution in [2.24, 2.45) is 7.05 Å². The summed E-state index contributed by atoms with van der Waals surface area (Å²) >= 11 is 1.35. The average Bonchev–Trinajstić information content (AvgIpc) is 3.19. The maximum Gasteiger partial charge on any atom is 0.261 e. The molecule has 0 fully saturated rings. The van der Waals surface area contributed by atoms with Crippen molar-refractivity contribution in [2.45, 2.75) is 20.1 Å². The second-order valence-corrected chi connectivity index (χ2v) is 6.54. The van der Waals surface area contributed by atoms with Crippen molar-refractivity contribution in [2.75, 3.05) is 0 Å². The van der Waals surface area contributed by atoms with E-state index in [1.54, 1.807) is 29.1 Å². The molecule has 0 aliphatic heterocycles. The van der Waals surface area contributed by atoms with Crippen molar-refractivity contribution in [3.63, 3.8) is 0 Å². The lowest BCUT2D eigenvalue weighted by atomic mass is 10.2. The van der Waals surface area contributed by atoms with Gasteiger partial charge in [0, 0.05) is 36.5 Å². The van der Waals surface area contributed by atoms with E-state index in [2.05, 4.69) is 10.4 Å². The van der Waals surface area contributed by atoms with Crippen molar-refractivity contribution in [3.8, 4) is 5.75 Å². The van der Waals surface area contributed by atoms with Crippen molar-refractivity contribution in [1.82, 2.24) is 15.1 Å². The molecule has 0 spiro atoms. The molecular formula is C18H18FN3O2S. The summed E-state index contributed by atoms with van der Waals surface area (Å²) in [6.45, 7) is 2.68. The predicted octanol–water partition coefficient (Wildman–Crippen LogP) is 3.44. The number of hydrogen-bond acceptors (Lipinski definition) is 4. The Hall–Kier alpha value is -2.67. The van der Waals surface area contributed by atoms with Gasteiger partial charge < -0.3 is 10.1 Å². The molecule has 0 bridgehead atoms. The zero-order valence-corrected chi connectivity index (χ0v) is 14.8. The van der Waals surface area contributed by atoms with E-state index in [0.717, 1.165) is 16.8 Å². The zero-order valence-electron chi connectivity index (χ0n) is 14.0. The number of nitrogens with zero attached hydrogens (tertiary/aromatic N) is 2. The highest BCUT2D eigenvalue weighted by molar-refractivity contribution is 7.12. The maximum atomic E-state index is 13.1. The summed E-state index contributed by atoms with van der Waals surface area (Å²) in [7, 11) is 1.87. The van der Waals surface area contributed by atoms with Crippen LogP contribution in [0.1, 0.15) is 26.5 Å². The molecule has 2 aromatic heterocycles. The van der Waals surface area contributed by atoms with Gasteiger partial charge >= 0.3 is 0 Å². The molecule has 0 unspecified atom stereocenters. The van der Waals surface area contributed by atoms with E-state index in [4.69, 9.17) is 4.74 Å². The maximum absolute atomic E-state index is 13.1. The lowest BCUT2D eigenvalue weighted by Crippen LogP contribution is -2.22. The number of benzene rings is 1. The Bertz CT molecular complexity index is 888. The third-order valence-corrected chi connectivity index (χ3v) is 4.83. The van der Waals surface area contributed by atoms with Gasteiger partial charge in [0.25, 0.3) is 5.91 Å². The molecule has 0 saturated carbocycles. The first-order valence-electron chi connectivity index (χ1n) is 7.74. The summed E-state index contributed by atoms with van der Waals surface area (Å²) in [6, 6.07) is 7.77. The second-order valence-electron chi connectivity index (χ2n) is 5.63. The van der Waals surface area contributed by atoms with Crippen LogP contribution >= 0.6 is 11.3 Å². The predicted molar refractivity (Wildman–Crippen MR) is 94.2 cm³/mol. The third kappa shape index (κ3) is 4.24. The number of ether oxygens (including phenoxy) is 1. The Kier molecular flexibility index (Phi) is 5.14. The number of thiophene rings is 1. The van der Waals surface area contributed by atoms with E-state index >= 15 is 0 Å². The van der Waals surface area contributed by atoms with Crippen LogP contribution in [0.4, 0.5) is 4.39 Å². The van der Waals surface area contributed by atoms with E-state index in [0.29, 0.717) is 17.2 Å². The summed E-state index contributed by atoms with van der Waals surface area (Å²) in [4.78, 5) is 12.9. The number of aromatic nitrogens is 2. The Morgan fingerprint density at radius 2 is 2.24 bits per heavy atom. The summed E-state index contributed by atoms with van der Waals surface area (Å²) < 4.78 is 20.4. The van der Waals surface area contributed by atoms with Gasteiger partial charge in [0.15, 0.2) is 0 Å². The van der Waals surface area contributed by atoms with Crippen LogP contribution in [0.3, 0.4) is 0 Å². The molecule has 5 nitrogen and oxygen atoms in total. The number of carbonyl (C=O) groups excluding carboxylic acids is 1. The van der Waals surface area contributed by atoms with E-state index in [9.17, 15) is 9.18 Å². The fraction of sp³-hybridized carbons (Fsp3) is 0.222. The molecule has 1 amide bonds. The molecule has 2 heterocycles. The lowest BCUT2D eigenvalue weighted by molar-refractivity contribution is 0.0955. The van der Waals surface area contributed by atoms with Crippen LogP contribution < -0.4 is 10.1 Å². The van der Waals surface area contributed by atoms with E-state index in [-0.39, 0.29) is 18.3 Å². The molecule has 0 radical (unpaired) electrons. The van der Waals surface area contributed by atoms with E-state index in [1.807, 2.05) is 19.4 Å². The van der Waals surface area contributed by atoms with Gasteiger partial charge in [0.05, 0.1) is 11.1 Å². The molecule has 25 heavy (non-hydrogen) atoms. The highest BCUT2D eigenvalue weighted by Crippen LogP contribution is 2.19. The number of nitrogens with one attached hydrogen (secondary N) is 1. The van der Waals surface area contributed by atoms with Gasteiger partial charge in [-0.25, -0.2) is 4.39 Å². The van der Waals surface area contributed by atoms with Gasteiger partial charge in [-0.3, -0.25) is 9.48 Å². The Morgan fingerprint density at radius 1 is 1.40 bits per heavy atom. The van der Waals surface area contributed by atoms with E-state index < -0.39 is 0 Å². The summed E-state index contributed by atoms with van der Waals surface area (Å²) in [5, 5.41) is 8.91. The Labute approximate surface area is 149 Å². The highest BCUT2D eigenvalue weighted by atomic mass is 32.1. The van der Waals surface area contributed by atoms with Gasteiger partial charge in [-0.05, 0) is 30.5 Å². The SMILES string of the molecule is Cc1c(CNC(=O)c2cc(COc3cccc(F)c3)cs2)cnn1C. The van der Waals surface area contributed by atoms with Gasteiger partial charge in [-0.2, -0.15) is 5.10 Å². The van der Waals surface area contributed by atoms with Gasteiger partial charge in [0.1, 0.15) is 18.2 Å². The Balaban J connectivity index is 1.55. The van der Waals surface area contributed by atoms with Gasteiger partial charge in [-0.1, -0.05) is 6.07 Å². The van der Waals surface area contributed by atoms with Crippen LogP contribution in [-0.2, 0) is 20.2 Å². The molecule has 1 aromatic carbocycles. The first-order chi connectivity index (χ1) is 12.0. The fourth-order valence-electron chi connectivity index (χ4n) is 2.27. The molecular weight excluding hydrogens is 341 g/mol. The van der Waals surface area contributed by atoms with Crippen LogP contribution in [0, 0.1) is 12.7 Å². The first-order valence-corrected chi connectivity index (χ1v) is 8.62. The van der Waals surface area contributed by atoms with E-state index in [1.165, 1.54) is 23.5 Å². The average molecular weight is 359 g/mol. The van der Waals surface area contributed by atoms with Crippen LogP contribution in [0.25, 0.3) is 0 Å². The quantitative estimate of drug-likeness (QED) is 0.733. The number of rotatable bonds is 6. The third-order valence-electron chi connectivity index (χ3n) is 3.86. The summed E-state index contributed by atoms with van der Waals surface area (Å²) in [6.07, 6.45) is 1.75. The molecule has 130 valence electrons. The number of carbonyl (C=O) groups is 1. The number of aryl methyl sites for hydroxylation is 1. The van der Waals surface area contributed by atoms with Crippen molar-refractivity contribution >= 4 is 17.2 Å². The number of amides is 1. The van der Waals surface area contributed by atoms with Crippen LogP contribution in [0.2, 0.25) is 0 Å². The normalized spacial score (nSPS) is 10.7. The summed E-state index contributed by atoms with van der Waals surface area (Å²) in [5.41, 5.74) is 2.88. The minimum Gasteiger partial charge on any atom is -0.489 e. The smallest absolute Gasteiger partial charge is 0.261 e. The molecule has 0 aliphatic carbocycles. The molecule has 0 aliphatic rings. The number of halogens is 1. The minimum absolute atomic E-state index is 0.134. The van der Waals surface area contributed by atoms with Gasteiger partial charge in [-0.15, -0.1) is 11.3 Å². The summed E-state index contributed by atoms with van der Waals surface area (Å²) in [5.74, 6) is -0.0110. The van der Waals surface area contributed by atoms with Gasteiger partial charge in [0.2, 0.25) is 0 Å². The Morgan fingerprint density at radius 3 is 2.96 bits per heavy atom. The highest BCUT2D eigenvalue weighted by Gasteiger charge is 2.11. The van der Waals surface area contributed by atoms with Crippen molar-refractivity contribution < 1.29 is 13.9 Å². The first kappa shape index (κ1) is 17.2. The molecule has 0 saturated heterocycles. The lowest BCUT2D eigenvalue weighted by Gasteiger charge is -2.04. The fourth-order valence-corrected chi connectivity index (χ4v) is 3.09. The molecule has 1 N–H and O–H groups in total. The van der Waals surface area contributed by atoms with Crippen LogP contribution in [0.15, 0.2) is 41.9 Å². The van der Waals surface area contributed by atoms with Crippen molar-refractivity contribution in [1.29, 1.82) is 0 Å². The zero-order chi connectivity index (χ0) is 17.8. The molecule has 3 rings (SSSR count). The van der Waals surface area contributed by atoms with Crippen LogP contribution in [-0.4, -0.2) is 15.7 Å². The topological polar surface area (TPSA) is 56.1 Å². The largest absolute Gasteiger partial charge is 0.489 e. The monoisotopic (exact) mass is 359 g/mol. The number of hydrogen-bond donors (Lipinski definition) is 1. The molecule has 7 heteroatoms. The van der Waals surface area contributed by atoms with Crippen LogP contribution in [0.5, 0.6) is 5.75 Å². The standard InChI is InChI=1S/C18H18FN3O2S/c1-12-14(9-21-22(12)2)8-20-18(23)17-6-13(11-25-17)10-24-16-5-3-4-15(19)7-16/h3-7,9,11H,8,10H2,1-2H3,(H,20,23). The second kappa shape index (κ2) is 7.48. The minimum atomic E-state index is -0.339.